The van der Waals surface area contributed by atoms with Gasteiger partial charge in [0.2, 0.25) is 0 Å². The molecule has 0 spiro atoms. The maximum atomic E-state index is 5.71. The van der Waals surface area contributed by atoms with Crippen molar-refractivity contribution in [1.29, 1.82) is 0 Å². The number of rotatable bonds is 6. The van der Waals surface area contributed by atoms with Crippen LogP contribution in [0, 0.1) is 5.41 Å². The van der Waals surface area contributed by atoms with Crippen LogP contribution in [-0.4, -0.2) is 19.4 Å². The second-order valence-electron chi connectivity index (χ2n) is 6.27. The summed E-state index contributed by atoms with van der Waals surface area (Å²) in [7, 11) is 0. The van der Waals surface area contributed by atoms with Crippen molar-refractivity contribution in [2.75, 3.05) is 13.2 Å². The number of ether oxygens (including phenoxy) is 1. The average Bonchev–Trinajstić information content (AvgIpc) is 2.80. The first-order valence-corrected chi connectivity index (χ1v) is 7.06. The van der Waals surface area contributed by atoms with E-state index in [9.17, 15) is 0 Å². The number of hydrogen-bond donors (Lipinski definition) is 1. The molecule has 0 aliphatic carbocycles. The molecule has 0 bridgehead atoms. The number of hydrogen-bond acceptors (Lipinski definition) is 2. The van der Waals surface area contributed by atoms with E-state index < -0.39 is 0 Å². The molecule has 1 heterocycles. The summed E-state index contributed by atoms with van der Waals surface area (Å²) in [6.07, 6.45) is 8.29. The Kier molecular flexibility index (Phi) is 6.10. The SMILES string of the molecule is CC(C)=CCC/C(C)=C/CC(C)(C)[C@H]1NCCO1. The monoisotopic (exact) mass is 251 g/mol. The van der Waals surface area contributed by atoms with Crippen molar-refractivity contribution >= 4 is 0 Å². The van der Waals surface area contributed by atoms with Crippen LogP contribution >= 0.6 is 0 Å². The molecule has 18 heavy (non-hydrogen) atoms. The van der Waals surface area contributed by atoms with Crippen LogP contribution in [-0.2, 0) is 4.74 Å². The van der Waals surface area contributed by atoms with Crippen LogP contribution < -0.4 is 5.32 Å². The van der Waals surface area contributed by atoms with Crippen molar-refractivity contribution in [2.24, 2.45) is 5.41 Å². The molecule has 0 saturated carbocycles. The molecule has 0 aromatic heterocycles. The first-order valence-electron chi connectivity index (χ1n) is 7.06. The topological polar surface area (TPSA) is 21.3 Å². The molecule has 0 unspecified atom stereocenters. The lowest BCUT2D eigenvalue weighted by Crippen LogP contribution is -2.38. The van der Waals surface area contributed by atoms with Gasteiger partial charge in [0.25, 0.3) is 0 Å². The molecular formula is C16H29NO. The molecular weight excluding hydrogens is 222 g/mol. The Hall–Kier alpha value is -0.600. The minimum absolute atomic E-state index is 0.175. The highest BCUT2D eigenvalue weighted by molar-refractivity contribution is 5.04. The van der Waals surface area contributed by atoms with Crippen LogP contribution in [0.25, 0.3) is 0 Å². The highest BCUT2D eigenvalue weighted by Gasteiger charge is 2.31. The maximum absolute atomic E-state index is 5.71. The summed E-state index contributed by atoms with van der Waals surface area (Å²) < 4.78 is 5.71. The van der Waals surface area contributed by atoms with E-state index >= 15 is 0 Å². The van der Waals surface area contributed by atoms with Crippen molar-refractivity contribution in [3.8, 4) is 0 Å². The zero-order valence-electron chi connectivity index (χ0n) is 12.7. The molecule has 1 saturated heterocycles. The molecule has 1 atom stereocenters. The van der Waals surface area contributed by atoms with Gasteiger partial charge in [0.05, 0.1) is 6.61 Å². The van der Waals surface area contributed by atoms with E-state index in [4.69, 9.17) is 4.74 Å². The van der Waals surface area contributed by atoms with Crippen molar-refractivity contribution < 1.29 is 4.74 Å². The van der Waals surface area contributed by atoms with Crippen LogP contribution in [0.4, 0.5) is 0 Å². The fourth-order valence-corrected chi connectivity index (χ4v) is 2.16. The lowest BCUT2D eigenvalue weighted by Gasteiger charge is -2.29. The Labute approximate surface area is 112 Å². The Balaban J connectivity index is 2.38. The maximum Gasteiger partial charge on any atom is 0.113 e. The van der Waals surface area contributed by atoms with Crippen LogP contribution in [0.5, 0.6) is 0 Å². The highest BCUT2D eigenvalue weighted by atomic mass is 16.5. The van der Waals surface area contributed by atoms with E-state index in [1.54, 1.807) is 0 Å². The zero-order valence-corrected chi connectivity index (χ0v) is 12.7. The predicted molar refractivity (Wildman–Crippen MR) is 78.6 cm³/mol. The summed E-state index contributed by atoms with van der Waals surface area (Å²) in [6.45, 7) is 12.9. The zero-order chi connectivity index (χ0) is 13.6. The second-order valence-corrected chi connectivity index (χ2v) is 6.27. The molecule has 0 aromatic rings. The molecule has 0 radical (unpaired) electrons. The summed E-state index contributed by atoms with van der Waals surface area (Å²) in [5, 5.41) is 3.42. The third kappa shape index (κ3) is 5.36. The van der Waals surface area contributed by atoms with Gasteiger partial charge in [-0.05, 0) is 40.0 Å². The molecule has 2 nitrogen and oxygen atoms in total. The van der Waals surface area contributed by atoms with Crippen LogP contribution in [0.2, 0.25) is 0 Å². The number of allylic oxidation sites excluding steroid dienone is 4. The summed E-state index contributed by atoms with van der Waals surface area (Å²) in [6, 6.07) is 0. The van der Waals surface area contributed by atoms with Crippen LogP contribution in [0.15, 0.2) is 23.3 Å². The molecule has 1 aliphatic heterocycles. The summed E-state index contributed by atoms with van der Waals surface area (Å²) in [5.74, 6) is 0. The Morgan fingerprint density at radius 2 is 2.00 bits per heavy atom. The van der Waals surface area contributed by atoms with Crippen LogP contribution in [0.3, 0.4) is 0 Å². The molecule has 1 N–H and O–H groups in total. The molecule has 1 fully saturated rings. The van der Waals surface area contributed by atoms with Gasteiger partial charge < -0.3 is 4.74 Å². The van der Waals surface area contributed by atoms with E-state index in [1.807, 2.05) is 0 Å². The highest BCUT2D eigenvalue weighted by Crippen LogP contribution is 2.29. The summed E-state index contributed by atoms with van der Waals surface area (Å²) >= 11 is 0. The third-order valence-electron chi connectivity index (χ3n) is 3.49. The van der Waals surface area contributed by atoms with Gasteiger partial charge in [0.1, 0.15) is 6.23 Å². The van der Waals surface area contributed by atoms with E-state index in [0.717, 1.165) is 26.0 Å². The summed E-state index contributed by atoms with van der Waals surface area (Å²) in [5.41, 5.74) is 3.07. The molecule has 0 aromatic carbocycles. The smallest absolute Gasteiger partial charge is 0.113 e. The van der Waals surface area contributed by atoms with Crippen molar-refractivity contribution in [2.45, 2.75) is 60.1 Å². The van der Waals surface area contributed by atoms with E-state index in [2.05, 4.69) is 52.1 Å². The fraction of sp³-hybridized carbons (Fsp3) is 0.750. The van der Waals surface area contributed by atoms with Gasteiger partial charge in [0.15, 0.2) is 0 Å². The minimum Gasteiger partial charge on any atom is -0.361 e. The third-order valence-corrected chi connectivity index (χ3v) is 3.49. The van der Waals surface area contributed by atoms with E-state index in [0.29, 0.717) is 0 Å². The first kappa shape index (κ1) is 15.5. The largest absolute Gasteiger partial charge is 0.361 e. The van der Waals surface area contributed by atoms with Gasteiger partial charge in [0, 0.05) is 12.0 Å². The van der Waals surface area contributed by atoms with Gasteiger partial charge in [-0.2, -0.15) is 0 Å². The van der Waals surface area contributed by atoms with Gasteiger partial charge in [-0.3, -0.25) is 5.32 Å². The quantitative estimate of drug-likeness (QED) is 0.719. The molecule has 2 heteroatoms. The normalized spacial score (nSPS) is 21.2. The van der Waals surface area contributed by atoms with Crippen molar-refractivity contribution in [1.82, 2.24) is 5.32 Å². The Morgan fingerprint density at radius 1 is 1.28 bits per heavy atom. The molecule has 104 valence electrons. The second kappa shape index (κ2) is 7.10. The molecule has 1 aliphatic rings. The predicted octanol–water partition coefficient (Wildman–Crippen LogP) is 4.04. The molecule has 0 amide bonds. The lowest BCUT2D eigenvalue weighted by molar-refractivity contribution is 0.00894. The van der Waals surface area contributed by atoms with Gasteiger partial charge in [-0.1, -0.05) is 37.1 Å². The van der Waals surface area contributed by atoms with Crippen LogP contribution in [0.1, 0.15) is 53.9 Å². The minimum atomic E-state index is 0.175. The Bertz CT molecular complexity index is 305. The standard InChI is InChI=1S/C16H29NO/c1-13(2)7-6-8-14(3)9-10-16(4,5)15-17-11-12-18-15/h7,9,15,17H,6,8,10-12H2,1-5H3/b14-9+/t15-/m0/s1. The van der Waals surface area contributed by atoms with Crippen molar-refractivity contribution in [3.63, 3.8) is 0 Å². The van der Waals surface area contributed by atoms with Gasteiger partial charge in [-0.25, -0.2) is 0 Å². The number of nitrogens with one attached hydrogen (secondary N) is 1. The van der Waals surface area contributed by atoms with E-state index in [-0.39, 0.29) is 11.6 Å². The van der Waals surface area contributed by atoms with Crippen molar-refractivity contribution in [3.05, 3.63) is 23.3 Å². The first-order chi connectivity index (χ1) is 8.42. The lowest BCUT2D eigenvalue weighted by atomic mass is 9.86. The Morgan fingerprint density at radius 3 is 2.56 bits per heavy atom. The van der Waals surface area contributed by atoms with Gasteiger partial charge in [-0.15, -0.1) is 0 Å². The van der Waals surface area contributed by atoms with Gasteiger partial charge >= 0.3 is 0 Å². The fourth-order valence-electron chi connectivity index (χ4n) is 2.16. The average molecular weight is 251 g/mol. The van der Waals surface area contributed by atoms with E-state index in [1.165, 1.54) is 17.6 Å². The molecule has 1 rings (SSSR count). The summed E-state index contributed by atoms with van der Waals surface area (Å²) in [4.78, 5) is 0.